The normalized spacial score (nSPS) is 18.8. The van der Waals surface area contributed by atoms with E-state index in [1.165, 1.54) is 21.8 Å². The molecule has 1 saturated heterocycles. The Balaban J connectivity index is 1.46. The zero-order valence-electron chi connectivity index (χ0n) is 19.9. The van der Waals surface area contributed by atoms with Crippen LogP contribution in [0.5, 0.6) is 0 Å². The Morgan fingerprint density at radius 1 is 1.26 bits per heavy atom. The highest BCUT2D eigenvalue weighted by Gasteiger charge is 2.39. The van der Waals surface area contributed by atoms with Crippen LogP contribution in [0.25, 0.3) is 0 Å². The monoisotopic (exact) mass is 554 g/mol. The van der Waals surface area contributed by atoms with E-state index in [4.69, 9.17) is 22.1 Å². The number of carbonyl (C=O) groups is 1. The summed E-state index contributed by atoms with van der Waals surface area (Å²) in [6.07, 6.45) is 0.0556. The molecule has 0 aliphatic carbocycles. The molecule has 1 fully saturated rings. The summed E-state index contributed by atoms with van der Waals surface area (Å²) in [6, 6.07) is 0.540. The number of imidazole rings is 1. The average molecular weight is 555 g/mol. The van der Waals surface area contributed by atoms with Crippen molar-refractivity contribution in [2.75, 3.05) is 18.1 Å². The van der Waals surface area contributed by atoms with E-state index in [1.54, 1.807) is 4.90 Å². The maximum atomic E-state index is 13.7. The number of alkyl halides is 3. The number of hydrogen-bond donors (Lipinski definition) is 1. The first kappa shape index (κ1) is 26.2. The van der Waals surface area contributed by atoms with E-state index in [0.29, 0.717) is 42.7 Å². The van der Waals surface area contributed by atoms with Crippen molar-refractivity contribution in [1.29, 1.82) is 0 Å². The topological polar surface area (TPSA) is 108 Å². The highest BCUT2D eigenvalue weighted by molar-refractivity contribution is 6.33. The van der Waals surface area contributed by atoms with Gasteiger partial charge in [-0.1, -0.05) is 17.7 Å². The second-order valence-electron chi connectivity index (χ2n) is 9.17. The molecule has 0 bridgehead atoms. The molecule has 4 heterocycles. The Morgan fingerprint density at radius 2 is 2.05 bits per heavy atom. The lowest BCUT2D eigenvalue weighted by Crippen LogP contribution is -2.37. The van der Waals surface area contributed by atoms with Crippen molar-refractivity contribution in [3.05, 3.63) is 74.4 Å². The summed E-state index contributed by atoms with van der Waals surface area (Å²) in [4.78, 5) is 31.4. The van der Waals surface area contributed by atoms with E-state index in [-0.39, 0.29) is 18.0 Å². The van der Waals surface area contributed by atoms with E-state index >= 15 is 0 Å². The summed E-state index contributed by atoms with van der Waals surface area (Å²) >= 11 is 6.43. The molecule has 9 nitrogen and oxygen atoms in total. The minimum Gasteiger partial charge on any atom is -0.368 e. The van der Waals surface area contributed by atoms with Gasteiger partial charge in [-0.25, -0.2) is 9.37 Å². The standard InChI is InChI=1S/C24H23ClF4N6O3/c25-20-18(10-32-35(23(20)37)19-3-1-2-8-38-19)33-7-6-17-16(11-33)31-12-34(17)21(22(30)36)14-5-4-13(26)9-15(14)24(27,28)29/h4-5,9-10,12,19,21H,1-3,6-8,11H2,(H2,30,36). The summed E-state index contributed by atoms with van der Waals surface area (Å²) in [5.74, 6) is -2.14. The molecule has 202 valence electrons. The van der Waals surface area contributed by atoms with Gasteiger partial charge in [0.25, 0.3) is 5.56 Å². The number of benzene rings is 1. The highest BCUT2D eigenvalue weighted by Crippen LogP contribution is 2.38. The lowest BCUT2D eigenvalue weighted by Gasteiger charge is -2.31. The first-order valence-corrected chi connectivity index (χ1v) is 12.3. The van der Waals surface area contributed by atoms with Crippen molar-refractivity contribution in [2.24, 2.45) is 5.73 Å². The van der Waals surface area contributed by atoms with E-state index < -0.39 is 46.9 Å². The number of ether oxygens (including phenoxy) is 1. The number of primary amides is 1. The van der Waals surface area contributed by atoms with Gasteiger partial charge in [0.1, 0.15) is 16.9 Å². The van der Waals surface area contributed by atoms with E-state index in [9.17, 15) is 27.2 Å². The Kier molecular flexibility index (Phi) is 6.90. The van der Waals surface area contributed by atoms with Crippen LogP contribution in [0.3, 0.4) is 0 Å². The second-order valence-corrected chi connectivity index (χ2v) is 9.54. The number of nitrogens with zero attached hydrogens (tertiary/aromatic N) is 5. The summed E-state index contributed by atoms with van der Waals surface area (Å²) in [5.41, 5.74) is 4.63. The van der Waals surface area contributed by atoms with E-state index in [2.05, 4.69) is 10.1 Å². The fourth-order valence-corrected chi connectivity index (χ4v) is 5.25. The predicted molar refractivity (Wildman–Crippen MR) is 128 cm³/mol. The van der Waals surface area contributed by atoms with Crippen LogP contribution in [-0.2, 0) is 28.7 Å². The molecule has 1 amide bonds. The second kappa shape index (κ2) is 10.0. The third-order valence-corrected chi connectivity index (χ3v) is 7.15. The van der Waals surface area contributed by atoms with Crippen LogP contribution in [0, 0.1) is 5.82 Å². The van der Waals surface area contributed by atoms with Crippen LogP contribution in [-0.4, -0.2) is 38.4 Å². The molecule has 0 radical (unpaired) electrons. The van der Waals surface area contributed by atoms with Gasteiger partial charge in [0.05, 0.1) is 36.0 Å². The van der Waals surface area contributed by atoms with Gasteiger partial charge in [0, 0.05) is 25.3 Å². The van der Waals surface area contributed by atoms with Gasteiger partial charge in [0.2, 0.25) is 5.91 Å². The molecule has 2 unspecified atom stereocenters. The first-order valence-electron chi connectivity index (χ1n) is 11.9. The zero-order valence-corrected chi connectivity index (χ0v) is 20.7. The molecule has 2 aromatic heterocycles. The molecule has 3 aromatic rings. The molecule has 2 aliphatic heterocycles. The van der Waals surface area contributed by atoms with E-state index in [0.717, 1.165) is 25.0 Å². The first-order chi connectivity index (χ1) is 18.1. The fraction of sp³-hybridized carbons (Fsp3) is 0.417. The predicted octanol–water partition coefficient (Wildman–Crippen LogP) is 3.59. The molecule has 2 N–H and O–H groups in total. The molecule has 14 heteroatoms. The van der Waals surface area contributed by atoms with Crippen LogP contribution in [0.4, 0.5) is 23.2 Å². The van der Waals surface area contributed by atoms with Gasteiger partial charge in [-0.3, -0.25) is 9.59 Å². The number of halogens is 5. The number of aromatic nitrogens is 4. The minimum atomic E-state index is -4.91. The van der Waals surface area contributed by atoms with Crippen molar-refractivity contribution >= 4 is 23.2 Å². The molecule has 2 atom stereocenters. The van der Waals surface area contributed by atoms with Gasteiger partial charge < -0.3 is 19.9 Å². The lowest BCUT2D eigenvalue weighted by molar-refractivity contribution is -0.138. The number of rotatable bonds is 5. The van der Waals surface area contributed by atoms with Crippen molar-refractivity contribution < 1.29 is 27.1 Å². The maximum Gasteiger partial charge on any atom is 0.416 e. The number of anilines is 1. The molecular weight excluding hydrogens is 532 g/mol. The summed E-state index contributed by atoms with van der Waals surface area (Å²) in [6.45, 7) is 1.00. The van der Waals surface area contributed by atoms with Crippen molar-refractivity contribution in [1.82, 2.24) is 19.3 Å². The maximum absolute atomic E-state index is 13.7. The molecule has 5 rings (SSSR count). The quantitative estimate of drug-likeness (QED) is 0.483. The Morgan fingerprint density at radius 3 is 2.74 bits per heavy atom. The zero-order chi connectivity index (χ0) is 27.2. The smallest absolute Gasteiger partial charge is 0.368 e. The summed E-state index contributed by atoms with van der Waals surface area (Å²) in [5, 5.41) is 4.22. The van der Waals surface area contributed by atoms with Crippen LogP contribution in [0.2, 0.25) is 5.02 Å². The molecule has 0 saturated carbocycles. The summed E-state index contributed by atoms with van der Waals surface area (Å²) < 4.78 is 62.9. The number of fused-ring (bicyclic) bond motifs is 1. The Hall–Kier alpha value is -3.45. The lowest BCUT2D eigenvalue weighted by atomic mass is 9.98. The minimum absolute atomic E-state index is 0.0341. The Labute approximate surface area is 218 Å². The van der Waals surface area contributed by atoms with Crippen molar-refractivity contribution in [3.63, 3.8) is 0 Å². The summed E-state index contributed by atoms with van der Waals surface area (Å²) in [7, 11) is 0. The molecular formula is C24H23ClF4N6O3. The largest absolute Gasteiger partial charge is 0.416 e. The van der Waals surface area contributed by atoms with Gasteiger partial charge in [0.15, 0.2) is 6.23 Å². The third kappa shape index (κ3) is 4.75. The molecule has 1 aromatic carbocycles. The fourth-order valence-electron chi connectivity index (χ4n) is 4.99. The third-order valence-electron chi connectivity index (χ3n) is 6.80. The van der Waals surface area contributed by atoms with Crippen LogP contribution in [0.15, 0.2) is 35.5 Å². The van der Waals surface area contributed by atoms with Gasteiger partial charge >= 0.3 is 6.18 Å². The number of nitrogens with two attached hydrogens (primary N) is 1. The molecule has 38 heavy (non-hydrogen) atoms. The van der Waals surface area contributed by atoms with Gasteiger partial charge in [-0.05, 0) is 37.0 Å². The SMILES string of the molecule is NC(=O)C(c1ccc(F)cc1C(F)(F)F)n1cnc2c1CCN(c1cnn(C3CCCCO3)c(=O)c1Cl)C2. The van der Waals surface area contributed by atoms with Crippen LogP contribution < -0.4 is 16.2 Å². The van der Waals surface area contributed by atoms with E-state index in [1.807, 2.05) is 0 Å². The molecule has 2 aliphatic rings. The number of amides is 1. The number of hydrogen-bond acceptors (Lipinski definition) is 6. The average Bonchev–Trinajstić information content (AvgIpc) is 3.29. The van der Waals surface area contributed by atoms with Gasteiger partial charge in [-0.15, -0.1) is 0 Å². The highest BCUT2D eigenvalue weighted by atomic mass is 35.5. The molecule has 0 spiro atoms. The number of carbonyl (C=O) groups excluding carboxylic acids is 1. The van der Waals surface area contributed by atoms with Crippen LogP contribution in [0.1, 0.15) is 54.0 Å². The van der Waals surface area contributed by atoms with Crippen LogP contribution >= 0.6 is 11.6 Å². The van der Waals surface area contributed by atoms with Crippen molar-refractivity contribution in [3.8, 4) is 0 Å². The van der Waals surface area contributed by atoms with Gasteiger partial charge in [-0.2, -0.15) is 23.0 Å². The van der Waals surface area contributed by atoms with Crippen molar-refractivity contribution in [2.45, 2.75) is 50.7 Å². The Bertz CT molecular complexity index is 1430.